The minimum Gasteiger partial charge on any atom is -0.349 e. The van der Waals surface area contributed by atoms with E-state index < -0.39 is 11.6 Å². The van der Waals surface area contributed by atoms with Gasteiger partial charge >= 0.3 is 0 Å². The van der Waals surface area contributed by atoms with Crippen molar-refractivity contribution < 1.29 is 13.6 Å². The molecule has 1 aromatic carbocycles. The van der Waals surface area contributed by atoms with E-state index in [1.54, 1.807) is 12.3 Å². The van der Waals surface area contributed by atoms with Gasteiger partial charge in [0.1, 0.15) is 0 Å². The molecule has 98 valence electrons. The lowest BCUT2D eigenvalue weighted by molar-refractivity contribution is 0.0973. The number of hydrogen-bond acceptors (Lipinski definition) is 1. The number of Topliss-reactive ketones (excluding diaryl/α,β-unsaturated/α-hetero) is 1. The number of carbonyl (C=O) groups is 1. The number of aromatic nitrogens is 1. The quantitative estimate of drug-likeness (QED) is 0.812. The molecule has 0 bridgehead atoms. The highest BCUT2D eigenvalue weighted by Gasteiger charge is 2.19. The molecule has 0 unspecified atom stereocenters. The summed E-state index contributed by atoms with van der Waals surface area (Å²) in [7, 11) is 0. The topological polar surface area (TPSA) is 22.0 Å². The van der Waals surface area contributed by atoms with E-state index in [1.807, 2.05) is 10.8 Å². The van der Waals surface area contributed by atoms with Gasteiger partial charge in [-0.3, -0.25) is 4.79 Å². The van der Waals surface area contributed by atoms with Crippen molar-refractivity contribution in [1.29, 1.82) is 0 Å². The predicted octanol–water partition coefficient (Wildman–Crippen LogP) is 3.33. The van der Waals surface area contributed by atoms with Crippen LogP contribution in [0.5, 0.6) is 0 Å². The average Bonchev–Trinajstić information content (AvgIpc) is 2.78. The molecule has 1 aliphatic rings. The Labute approximate surface area is 109 Å². The molecule has 0 saturated carbocycles. The standard InChI is InChI=1S/C15H13F2NO/c16-13-5-4-10(6-14(13)17)7-18-8-11-2-1-3-15(19)12(11)9-18/h4-6,8-9H,1-3,7H2. The zero-order valence-corrected chi connectivity index (χ0v) is 10.3. The number of rotatable bonds is 2. The van der Waals surface area contributed by atoms with E-state index in [1.165, 1.54) is 6.07 Å². The van der Waals surface area contributed by atoms with Gasteiger partial charge in [0.15, 0.2) is 17.4 Å². The molecule has 3 rings (SSSR count). The van der Waals surface area contributed by atoms with Crippen LogP contribution in [-0.2, 0) is 13.0 Å². The number of halogens is 2. The molecule has 0 aliphatic heterocycles. The van der Waals surface area contributed by atoms with Crippen LogP contribution in [0.1, 0.15) is 34.3 Å². The first kappa shape index (κ1) is 12.1. The van der Waals surface area contributed by atoms with Gasteiger partial charge in [-0.25, -0.2) is 8.78 Å². The van der Waals surface area contributed by atoms with Crippen LogP contribution in [0, 0.1) is 11.6 Å². The molecule has 2 nitrogen and oxygen atoms in total. The van der Waals surface area contributed by atoms with Crippen molar-refractivity contribution in [1.82, 2.24) is 4.57 Å². The van der Waals surface area contributed by atoms with Gasteiger partial charge in [-0.1, -0.05) is 6.07 Å². The predicted molar refractivity (Wildman–Crippen MR) is 67.2 cm³/mol. The zero-order chi connectivity index (χ0) is 13.4. The first-order valence-electron chi connectivity index (χ1n) is 6.29. The normalized spacial score (nSPS) is 14.5. The molecule has 0 atom stereocenters. The number of hydrogen-bond donors (Lipinski definition) is 0. The van der Waals surface area contributed by atoms with Crippen LogP contribution in [0.2, 0.25) is 0 Å². The third-order valence-corrected chi connectivity index (χ3v) is 3.46. The molecule has 1 aromatic heterocycles. The average molecular weight is 261 g/mol. The summed E-state index contributed by atoms with van der Waals surface area (Å²) in [6.07, 6.45) is 6.13. The Hall–Kier alpha value is -1.97. The lowest BCUT2D eigenvalue weighted by Crippen LogP contribution is -2.07. The highest BCUT2D eigenvalue weighted by Crippen LogP contribution is 2.22. The first-order valence-corrected chi connectivity index (χ1v) is 6.29. The van der Waals surface area contributed by atoms with E-state index in [0.717, 1.165) is 30.0 Å². The van der Waals surface area contributed by atoms with Crippen molar-refractivity contribution in [2.24, 2.45) is 0 Å². The fourth-order valence-electron chi connectivity index (χ4n) is 2.52. The second-order valence-corrected chi connectivity index (χ2v) is 4.89. The third kappa shape index (κ3) is 2.30. The highest BCUT2D eigenvalue weighted by molar-refractivity contribution is 5.98. The van der Waals surface area contributed by atoms with Gasteiger partial charge in [-0.15, -0.1) is 0 Å². The summed E-state index contributed by atoms with van der Waals surface area (Å²) in [5, 5.41) is 0. The molecule has 0 fully saturated rings. The Kier molecular flexibility index (Phi) is 2.93. The maximum Gasteiger partial charge on any atom is 0.164 e. The van der Waals surface area contributed by atoms with Crippen molar-refractivity contribution in [3.05, 3.63) is 58.9 Å². The summed E-state index contributed by atoms with van der Waals surface area (Å²) in [4.78, 5) is 11.7. The molecular weight excluding hydrogens is 248 g/mol. The summed E-state index contributed by atoms with van der Waals surface area (Å²) in [6, 6.07) is 3.87. The number of nitrogens with zero attached hydrogens (tertiary/aromatic N) is 1. The maximum absolute atomic E-state index is 13.1. The second-order valence-electron chi connectivity index (χ2n) is 4.89. The zero-order valence-electron chi connectivity index (χ0n) is 10.3. The summed E-state index contributed by atoms with van der Waals surface area (Å²) in [5.74, 6) is -1.51. The monoisotopic (exact) mass is 261 g/mol. The van der Waals surface area contributed by atoms with E-state index >= 15 is 0 Å². The van der Waals surface area contributed by atoms with Gasteiger partial charge in [0.25, 0.3) is 0 Å². The number of carbonyl (C=O) groups excluding carboxylic acids is 1. The Morgan fingerprint density at radius 3 is 2.68 bits per heavy atom. The lowest BCUT2D eigenvalue weighted by Gasteiger charge is -2.07. The number of fused-ring (bicyclic) bond motifs is 1. The van der Waals surface area contributed by atoms with Crippen LogP contribution in [0.3, 0.4) is 0 Å². The van der Waals surface area contributed by atoms with E-state index in [0.29, 0.717) is 18.5 Å². The summed E-state index contributed by atoms with van der Waals surface area (Å²) in [6.45, 7) is 0.442. The minimum absolute atomic E-state index is 0.172. The van der Waals surface area contributed by atoms with E-state index in [9.17, 15) is 13.6 Å². The fraction of sp³-hybridized carbons (Fsp3) is 0.267. The van der Waals surface area contributed by atoms with Gasteiger partial charge in [0, 0.05) is 30.9 Å². The summed E-state index contributed by atoms with van der Waals surface area (Å²) < 4.78 is 27.8. The number of benzene rings is 1. The fourth-order valence-corrected chi connectivity index (χ4v) is 2.52. The summed E-state index contributed by atoms with van der Waals surface area (Å²) >= 11 is 0. The van der Waals surface area contributed by atoms with Crippen LogP contribution >= 0.6 is 0 Å². The van der Waals surface area contributed by atoms with E-state index in [4.69, 9.17) is 0 Å². The molecule has 0 N–H and O–H groups in total. The van der Waals surface area contributed by atoms with Crippen LogP contribution in [0.15, 0.2) is 30.6 Å². The molecule has 1 heterocycles. The molecule has 0 saturated heterocycles. The molecule has 2 aromatic rings. The molecule has 19 heavy (non-hydrogen) atoms. The SMILES string of the molecule is O=C1CCCc2cn(Cc3ccc(F)c(F)c3)cc21. The van der Waals surface area contributed by atoms with Gasteiger partial charge < -0.3 is 4.57 Å². The molecule has 0 spiro atoms. The minimum atomic E-state index is -0.842. The Balaban J connectivity index is 1.87. The molecule has 1 aliphatic carbocycles. The molecular formula is C15H13F2NO. The number of aryl methyl sites for hydroxylation is 1. The first-order chi connectivity index (χ1) is 9.13. The van der Waals surface area contributed by atoms with Crippen molar-refractivity contribution in [3.63, 3.8) is 0 Å². The second kappa shape index (κ2) is 4.61. The highest BCUT2D eigenvalue weighted by atomic mass is 19.2. The largest absolute Gasteiger partial charge is 0.349 e. The van der Waals surface area contributed by atoms with Crippen LogP contribution in [0.25, 0.3) is 0 Å². The van der Waals surface area contributed by atoms with Gasteiger partial charge in [0.05, 0.1) is 0 Å². The lowest BCUT2D eigenvalue weighted by atomic mass is 9.95. The summed E-state index contributed by atoms with van der Waals surface area (Å²) in [5.41, 5.74) is 2.51. The smallest absolute Gasteiger partial charge is 0.164 e. The van der Waals surface area contributed by atoms with Crippen molar-refractivity contribution in [3.8, 4) is 0 Å². The van der Waals surface area contributed by atoms with Crippen molar-refractivity contribution in [2.45, 2.75) is 25.8 Å². The molecule has 4 heteroatoms. The molecule has 0 amide bonds. The Morgan fingerprint density at radius 2 is 1.95 bits per heavy atom. The van der Waals surface area contributed by atoms with Gasteiger partial charge in [-0.2, -0.15) is 0 Å². The Bertz CT molecular complexity index is 646. The maximum atomic E-state index is 13.1. The van der Waals surface area contributed by atoms with Crippen LogP contribution < -0.4 is 0 Å². The van der Waals surface area contributed by atoms with Crippen LogP contribution in [0.4, 0.5) is 8.78 Å². The van der Waals surface area contributed by atoms with E-state index in [-0.39, 0.29) is 5.78 Å². The van der Waals surface area contributed by atoms with Gasteiger partial charge in [0.2, 0.25) is 0 Å². The van der Waals surface area contributed by atoms with Crippen molar-refractivity contribution >= 4 is 5.78 Å². The molecule has 0 radical (unpaired) electrons. The third-order valence-electron chi connectivity index (χ3n) is 3.46. The Morgan fingerprint density at radius 1 is 1.11 bits per heavy atom. The van der Waals surface area contributed by atoms with E-state index in [2.05, 4.69) is 0 Å². The van der Waals surface area contributed by atoms with Crippen molar-refractivity contribution in [2.75, 3.05) is 0 Å². The van der Waals surface area contributed by atoms with Crippen LogP contribution in [-0.4, -0.2) is 10.4 Å². The number of ketones is 1. The van der Waals surface area contributed by atoms with Gasteiger partial charge in [-0.05, 0) is 36.1 Å².